The quantitative estimate of drug-likeness (QED) is 0.467. The summed E-state index contributed by atoms with van der Waals surface area (Å²) >= 11 is 0. The summed E-state index contributed by atoms with van der Waals surface area (Å²) < 4.78 is 40.8. The number of guanidine groups is 1. The van der Waals surface area contributed by atoms with Crippen LogP contribution in [0.5, 0.6) is 5.75 Å². The molecule has 0 heterocycles. The zero-order valence-corrected chi connectivity index (χ0v) is 13.8. The zero-order valence-electron chi connectivity index (χ0n) is 11.4. The fraction of sp³-hybridized carbons (Fsp3) is 0.462. The van der Waals surface area contributed by atoms with Gasteiger partial charge in [-0.15, -0.1) is 37.1 Å². The lowest BCUT2D eigenvalue weighted by molar-refractivity contribution is -0.274. The Morgan fingerprint density at radius 2 is 2.00 bits per heavy atom. The van der Waals surface area contributed by atoms with Gasteiger partial charge in [-0.1, -0.05) is 18.2 Å². The van der Waals surface area contributed by atoms with E-state index >= 15 is 0 Å². The summed E-state index contributed by atoms with van der Waals surface area (Å²) in [6, 6.07) is 6.32. The lowest BCUT2D eigenvalue weighted by Crippen LogP contribution is -2.35. The van der Waals surface area contributed by atoms with Crippen LogP contribution in [0.25, 0.3) is 0 Å². The number of alkyl halides is 3. The molecule has 0 radical (unpaired) electrons. The van der Waals surface area contributed by atoms with Crippen LogP contribution in [0.4, 0.5) is 13.2 Å². The molecule has 1 aromatic rings. The Bertz CT molecular complexity index is 504. The molecule has 2 N–H and O–H groups in total. The third kappa shape index (κ3) is 5.60. The first kappa shape index (κ1) is 17.9. The van der Waals surface area contributed by atoms with Crippen molar-refractivity contribution in [3.63, 3.8) is 0 Å². The van der Waals surface area contributed by atoms with E-state index in [0.717, 1.165) is 12.8 Å². The average molecular weight is 415 g/mol. The van der Waals surface area contributed by atoms with Crippen LogP contribution in [0.1, 0.15) is 18.4 Å². The summed E-state index contributed by atoms with van der Waals surface area (Å²) in [6.07, 6.45) is -2.57. The maximum atomic E-state index is 12.3. The van der Waals surface area contributed by atoms with Crippen molar-refractivity contribution in [2.75, 3.05) is 7.05 Å². The third-order valence-corrected chi connectivity index (χ3v) is 3.07. The number of benzene rings is 1. The maximum absolute atomic E-state index is 12.3. The standard InChI is InChI=1S/C13H16F3N3O.HI/c1-19(10-6-7-10)12(17)18-8-9-4-2-3-5-11(9)20-13(14,15)16;/h2-5,10H,6-8H2,1H3,(H2,17,18);1H. The van der Waals surface area contributed by atoms with Gasteiger partial charge in [0.2, 0.25) is 0 Å². The number of nitrogens with two attached hydrogens (primary N) is 1. The van der Waals surface area contributed by atoms with Crippen molar-refractivity contribution in [3.8, 4) is 5.75 Å². The molecule has 0 saturated heterocycles. The van der Waals surface area contributed by atoms with Gasteiger partial charge in [0.1, 0.15) is 5.75 Å². The van der Waals surface area contributed by atoms with Gasteiger partial charge < -0.3 is 15.4 Å². The van der Waals surface area contributed by atoms with Crippen LogP contribution in [0.3, 0.4) is 0 Å². The van der Waals surface area contributed by atoms with Crippen molar-refractivity contribution in [3.05, 3.63) is 29.8 Å². The molecule has 8 heteroatoms. The predicted molar refractivity (Wildman–Crippen MR) is 84.7 cm³/mol. The van der Waals surface area contributed by atoms with E-state index in [1.54, 1.807) is 6.07 Å². The number of aliphatic imine (C=N–C) groups is 1. The highest BCUT2D eigenvalue weighted by Gasteiger charge is 2.32. The van der Waals surface area contributed by atoms with E-state index in [4.69, 9.17) is 5.73 Å². The second-order valence-electron chi connectivity index (χ2n) is 4.67. The van der Waals surface area contributed by atoms with Crippen LogP contribution in [0, 0.1) is 0 Å². The Kier molecular flexibility index (Phi) is 6.11. The molecule has 4 nitrogen and oxygen atoms in total. The summed E-state index contributed by atoms with van der Waals surface area (Å²) in [4.78, 5) is 5.96. The SMILES string of the molecule is CN(C(N)=NCc1ccccc1OC(F)(F)F)C1CC1.I. The Balaban J connectivity index is 0.00000220. The van der Waals surface area contributed by atoms with Crippen LogP contribution in [-0.2, 0) is 6.54 Å². The highest BCUT2D eigenvalue weighted by molar-refractivity contribution is 14.0. The van der Waals surface area contributed by atoms with Crippen molar-refractivity contribution in [2.24, 2.45) is 10.7 Å². The number of rotatable bonds is 4. The minimum Gasteiger partial charge on any atom is -0.405 e. The Morgan fingerprint density at radius 1 is 1.38 bits per heavy atom. The lowest BCUT2D eigenvalue weighted by Gasteiger charge is -2.17. The number of nitrogens with zero attached hydrogens (tertiary/aromatic N) is 2. The monoisotopic (exact) mass is 415 g/mol. The van der Waals surface area contributed by atoms with E-state index in [2.05, 4.69) is 9.73 Å². The molecule has 1 saturated carbocycles. The summed E-state index contributed by atoms with van der Waals surface area (Å²) in [5.74, 6) is 0.0833. The smallest absolute Gasteiger partial charge is 0.405 e. The molecular formula is C13H17F3IN3O. The molecule has 118 valence electrons. The maximum Gasteiger partial charge on any atom is 0.573 e. The molecule has 21 heavy (non-hydrogen) atoms. The van der Waals surface area contributed by atoms with Crippen molar-refractivity contribution < 1.29 is 17.9 Å². The fourth-order valence-electron chi connectivity index (χ4n) is 1.79. The van der Waals surface area contributed by atoms with Gasteiger partial charge in [-0.05, 0) is 18.9 Å². The van der Waals surface area contributed by atoms with E-state index in [-0.39, 0.29) is 36.3 Å². The van der Waals surface area contributed by atoms with Crippen molar-refractivity contribution in [1.29, 1.82) is 0 Å². The number of halogens is 4. The molecule has 0 aromatic heterocycles. The van der Waals surface area contributed by atoms with Crippen LogP contribution in [-0.4, -0.2) is 30.3 Å². The molecule has 0 bridgehead atoms. The Hall–Kier alpha value is -1.19. The topological polar surface area (TPSA) is 50.8 Å². The van der Waals surface area contributed by atoms with Crippen molar-refractivity contribution >= 4 is 29.9 Å². The minimum absolute atomic E-state index is 0. The molecule has 2 rings (SSSR count). The number of hydrogen-bond acceptors (Lipinski definition) is 2. The van der Waals surface area contributed by atoms with Crippen LogP contribution < -0.4 is 10.5 Å². The van der Waals surface area contributed by atoms with Gasteiger partial charge in [-0.25, -0.2) is 4.99 Å². The highest BCUT2D eigenvalue weighted by Crippen LogP contribution is 2.27. The molecule has 0 spiro atoms. The molecule has 0 amide bonds. The highest BCUT2D eigenvalue weighted by atomic mass is 127. The van der Waals surface area contributed by atoms with Gasteiger partial charge in [0, 0.05) is 18.7 Å². The molecule has 0 aliphatic heterocycles. The molecule has 1 fully saturated rings. The normalized spacial score (nSPS) is 15.3. The summed E-state index contributed by atoms with van der Waals surface area (Å²) in [6.45, 7) is 0.0507. The van der Waals surface area contributed by atoms with Gasteiger partial charge >= 0.3 is 6.36 Å². The largest absolute Gasteiger partial charge is 0.573 e. The van der Waals surface area contributed by atoms with Gasteiger partial charge in [0.25, 0.3) is 0 Å². The fourth-order valence-corrected chi connectivity index (χ4v) is 1.79. The number of para-hydroxylation sites is 1. The van der Waals surface area contributed by atoms with Crippen molar-refractivity contribution in [2.45, 2.75) is 31.8 Å². The molecule has 1 aromatic carbocycles. The van der Waals surface area contributed by atoms with Gasteiger partial charge in [-0.3, -0.25) is 0 Å². The molecular weight excluding hydrogens is 398 g/mol. The second-order valence-corrected chi connectivity index (χ2v) is 4.67. The molecule has 0 unspecified atom stereocenters. The molecule has 1 aliphatic rings. The van der Waals surface area contributed by atoms with Crippen molar-refractivity contribution in [1.82, 2.24) is 4.90 Å². The van der Waals surface area contributed by atoms with Gasteiger partial charge in [-0.2, -0.15) is 0 Å². The van der Waals surface area contributed by atoms with E-state index < -0.39 is 6.36 Å². The van der Waals surface area contributed by atoms with Gasteiger partial charge in [0.15, 0.2) is 5.96 Å². The second kappa shape index (κ2) is 7.19. The van der Waals surface area contributed by atoms with Crippen LogP contribution >= 0.6 is 24.0 Å². The minimum atomic E-state index is -4.71. The lowest BCUT2D eigenvalue weighted by atomic mass is 10.2. The summed E-state index contributed by atoms with van der Waals surface area (Å²) in [5.41, 5.74) is 6.14. The van der Waals surface area contributed by atoms with E-state index in [1.807, 2.05) is 11.9 Å². The van der Waals surface area contributed by atoms with Gasteiger partial charge in [0.05, 0.1) is 6.54 Å². The summed E-state index contributed by atoms with van der Waals surface area (Å²) in [7, 11) is 1.83. The van der Waals surface area contributed by atoms with E-state index in [1.165, 1.54) is 18.2 Å². The number of hydrogen-bond donors (Lipinski definition) is 1. The first-order chi connectivity index (χ1) is 9.37. The van der Waals surface area contributed by atoms with Crippen LogP contribution in [0.15, 0.2) is 29.3 Å². The average Bonchev–Trinajstić information content (AvgIpc) is 3.19. The molecule has 0 atom stereocenters. The third-order valence-electron chi connectivity index (χ3n) is 3.07. The molecule has 1 aliphatic carbocycles. The van der Waals surface area contributed by atoms with E-state index in [9.17, 15) is 13.2 Å². The van der Waals surface area contributed by atoms with E-state index in [0.29, 0.717) is 17.6 Å². The first-order valence-corrected chi connectivity index (χ1v) is 6.23. The zero-order chi connectivity index (χ0) is 14.8. The Labute approximate surface area is 138 Å². The predicted octanol–water partition coefficient (Wildman–Crippen LogP) is 3.11. The Morgan fingerprint density at radius 3 is 2.57 bits per heavy atom. The number of ether oxygens (including phenoxy) is 1. The first-order valence-electron chi connectivity index (χ1n) is 6.23. The summed E-state index contributed by atoms with van der Waals surface area (Å²) in [5, 5.41) is 0. The van der Waals surface area contributed by atoms with Crippen LogP contribution in [0.2, 0.25) is 0 Å².